The zero-order chi connectivity index (χ0) is 29.8. The van der Waals surface area contributed by atoms with Gasteiger partial charge < -0.3 is 19.3 Å². The Morgan fingerprint density at radius 3 is 2.38 bits per heavy atom. The van der Waals surface area contributed by atoms with Gasteiger partial charge in [-0.15, -0.1) is 11.8 Å². The number of esters is 2. The molecule has 10 atom stereocenters. The number of Topliss-reactive ketones (excluding diaryl/α,β-unsaturated/α-hetero) is 1. The van der Waals surface area contributed by atoms with Crippen LogP contribution in [-0.2, 0) is 35.0 Å². The number of aromatic nitrogens is 1. The van der Waals surface area contributed by atoms with E-state index in [0.717, 1.165) is 5.69 Å². The van der Waals surface area contributed by atoms with Crippen molar-refractivity contribution in [1.29, 1.82) is 0 Å². The summed E-state index contributed by atoms with van der Waals surface area (Å²) in [5.74, 6) is -2.76. The van der Waals surface area contributed by atoms with Gasteiger partial charge in [-0.25, -0.2) is 0 Å². The Morgan fingerprint density at radius 1 is 1.07 bits per heavy atom. The molecule has 224 valence electrons. The molecule has 10 unspecified atom stereocenters. The van der Waals surface area contributed by atoms with Gasteiger partial charge >= 0.3 is 11.9 Å². The molecule has 0 aliphatic carbocycles. The highest BCUT2D eigenvalue weighted by molar-refractivity contribution is 8.00. The van der Waals surface area contributed by atoms with Crippen molar-refractivity contribution in [3.63, 3.8) is 0 Å². The van der Waals surface area contributed by atoms with E-state index in [9.17, 15) is 19.5 Å². The summed E-state index contributed by atoms with van der Waals surface area (Å²) in [4.78, 5) is 45.2. The first kappa shape index (κ1) is 32.5. The molecule has 1 aromatic heterocycles. The molecule has 1 N–H and O–H groups in total. The fourth-order valence-corrected chi connectivity index (χ4v) is 8.23. The van der Waals surface area contributed by atoms with Gasteiger partial charge in [0.05, 0.1) is 17.6 Å². The Kier molecular flexibility index (Phi) is 10.9. The maximum absolute atomic E-state index is 14.0. The van der Waals surface area contributed by atoms with Gasteiger partial charge in [-0.3, -0.25) is 19.4 Å². The number of cyclic esters (lactones) is 1. The minimum Gasteiger partial charge on any atom is -0.458 e. The normalized spacial score (nSPS) is 39.7. The molecular weight excluding hydrogens is 530 g/mol. The number of methoxy groups -OCH3 is 1. The quantitative estimate of drug-likeness (QED) is 0.483. The summed E-state index contributed by atoms with van der Waals surface area (Å²) < 4.78 is 18.0. The molecule has 2 aliphatic heterocycles. The number of aliphatic hydroxyl groups is 1. The molecule has 0 spiro atoms. The highest BCUT2D eigenvalue weighted by Crippen LogP contribution is 2.48. The predicted molar refractivity (Wildman–Crippen MR) is 155 cm³/mol. The van der Waals surface area contributed by atoms with E-state index >= 15 is 0 Å². The number of carbonyl (C=O) groups excluding carboxylic acids is 3. The van der Waals surface area contributed by atoms with Crippen molar-refractivity contribution >= 4 is 29.5 Å². The van der Waals surface area contributed by atoms with E-state index in [4.69, 9.17) is 14.2 Å². The Balaban J connectivity index is 2.00. The number of carbonyl (C=O) groups is 3. The highest BCUT2D eigenvalue weighted by Gasteiger charge is 2.61. The number of pyridine rings is 1. The van der Waals surface area contributed by atoms with Gasteiger partial charge in [0, 0.05) is 36.8 Å². The average Bonchev–Trinajstić information content (AvgIpc) is 3.19. The molecule has 2 saturated heterocycles. The van der Waals surface area contributed by atoms with E-state index < -0.39 is 58.4 Å². The second-order valence-corrected chi connectivity index (χ2v) is 13.5. The SMILES string of the molecule is CCC1OC(=O)C(C)C(O)C(C)CC(C)(OC)CC(C)C(=O)C(C)C2C(SCCc3ccccn3)C(=O)OC12C. The smallest absolute Gasteiger partial charge is 0.320 e. The number of thioether (sulfide) groups is 1. The van der Waals surface area contributed by atoms with Crippen LogP contribution in [0.25, 0.3) is 0 Å². The molecule has 40 heavy (non-hydrogen) atoms. The Bertz CT molecular complexity index is 1040. The number of hydrogen-bond donors (Lipinski definition) is 1. The lowest BCUT2D eigenvalue weighted by Crippen LogP contribution is -2.53. The summed E-state index contributed by atoms with van der Waals surface area (Å²) in [6.45, 7) is 12.9. The molecule has 0 saturated carbocycles. The van der Waals surface area contributed by atoms with Crippen molar-refractivity contribution in [2.24, 2.45) is 29.6 Å². The van der Waals surface area contributed by atoms with Crippen molar-refractivity contribution in [3.8, 4) is 0 Å². The molecule has 9 heteroatoms. The van der Waals surface area contributed by atoms with E-state index in [2.05, 4.69) is 4.98 Å². The van der Waals surface area contributed by atoms with Gasteiger partial charge in [-0.05, 0) is 70.3 Å². The number of hydrogen-bond acceptors (Lipinski definition) is 9. The van der Waals surface area contributed by atoms with Gasteiger partial charge in [-0.2, -0.15) is 0 Å². The second kappa shape index (κ2) is 13.3. The number of ether oxygens (including phenoxy) is 3. The van der Waals surface area contributed by atoms with Crippen LogP contribution >= 0.6 is 11.8 Å². The second-order valence-electron chi connectivity index (χ2n) is 12.2. The van der Waals surface area contributed by atoms with Gasteiger partial charge in [-0.1, -0.05) is 33.8 Å². The zero-order valence-electron chi connectivity index (χ0n) is 25.2. The molecule has 1 aromatic rings. The summed E-state index contributed by atoms with van der Waals surface area (Å²) in [5, 5.41) is 10.5. The maximum atomic E-state index is 14.0. The third-order valence-corrected chi connectivity index (χ3v) is 10.4. The summed E-state index contributed by atoms with van der Waals surface area (Å²) >= 11 is 1.47. The Morgan fingerprint density at radius 2 is 1.77 bits per heavy atom. The van der Waals surface area contributed by atoms with E-state index in [1.807, 2.05) is 52.8 Å². The minimum absolute atomic E-state index is 0.0212. The van der Waals surface area contributed by atoms with Crippen LogP contribution in [0.3, 0.4) is 0 Å². The lowest BCUT2D eigenvalue weighted by Gasteiger charge is -2.42. The molecular formula is C31H47NO7S. The molecule has 0 radical (unpaired) electrons. The zero-order valence-corrected chi connectivity index (χ0v) is 26.0. The monoisotopic (exact) mass is 577 g/mol. The molecule has 0 amide bonds. The number of fused-ring (bicyclic) bond motifs is 1. The molecule has 3 heterocycles. The third kappa shape index (κ3) is 6.90. The highest BCUT2D eigenvalue weighted by atomic mass is 32.2. The number of aliphatic hydroxyl groups excluding tert-OH is 1. The first-order valence-corrected chi connectivity index (χ1v) is 15.5. The van der Waals surface area contributed by atoms with Crippen molar-refractivity contribution < 1.29 is 33.7 Å². The fourth-order valence-electron chi connectivity index (χ4n) is 6.75. The predicted octanol–water partition coefficient (Wildman–Crippen LogP) is 4.65. The fraction of sp³-hybridized carbons (Fsp3) is 0.742. The van der Waals surface area contributed by atoms with Crippen molar-refractivity contribution in [2.45, 2.75) is 103 Å². The van der Waals surface area contributed by atoms with Gasteiger partial charge in [0.25, 0.3) is 0 Å². The topological polar surface area (TPSA) is 112 Å². The molecule has 8 nitrogen and oxygen atoms in total. The summed E-state index contributed by atoms with van der Waals surface area (Å²) in [5.41, 5.74) is -0.963. The number of rotatable bonds is 6. The summed E-state index contributed by atoms with van der Waals surface area (Å²) in [6.07, 6.45) is 2.01. The van der Waals surface area contributed by atoms with Crippen molar-refractivity contribution in [2.75, 3.05) is 12.9 Å². The summed E-state index contributed by atoms with van der Waals surface area (Å²) in [6, 6.07) is 5.74. The average molecular weight is 578 g/mol. The molecule has 2 aliphatic rings. The van der Waals surface area contributed by atoms with E-state index in [0.29, 0.717) is 31.4 Å². The van der Waals surface area contributed by atoms with Crippen LogP contribution in [0, 0.1) is 29.6 Å². The first-order valence-electron chi connectivity index (χ1n) is 14.5. The van der Waals surface area contributed by atoms with Gasteiger partial charge in [0.1, 0.15) is 17.1 Å². The van der Waals surface area contributed by atoms with Gasteiger partial charge in [0.2, 0.25) is 0 Å². The lowest BCUT2D eigenvalue weighted by molar-refractivity contribution is -0.186. The first-order chi connectivity index (χ1) is 18.8. The Hall–Kier alpha value is -1.97. The van der Waals surface area contributed by atoms with Crippen LogP contribution in [0.15, 0.2) is 24.4 Å². The van der Waals surface area contributed by atoms with Crippen LogP contribution in [0.1, 0.15) is 73.4 Å². The van der Waals surface area contributed by atoms with Crippen LogP contribution in [0.5, 0.6) is 0 Å². The maximum Gasteiger partial charge on any atom is 0.320 e. The van der Waals surface area contributed by atoms with Crippen LogP contribution in [0.2, 0.25) is 0 Å². The van der Waals surface area contributed by atoms with Crippen molar-refractivity contribution in [1.82, 2.24) is 4.98 Å². The van der Waals surface area contributed by atoms with Crippen LogP contribution in [0.4, 0.5) is 0 Å². The Labute approximate surface area is 243 Å². The van der Waals surface area contributed by atoms with E-state index in [1.54, 1.807) is 27.2 Å². The van der Waals surface area contributed by atoms with E-state index in [-0.39, 0.29) is 17.6 Å². The molecule has 2 fully saturated rings. The number of aryl methyl sites for hydroxylation is 1. The standard InChI is InChI=1S/C31H47NO7S/c1-9-23-31(7)24(27(29(36)39-31)40-15-13-22-12-10-11-14-32-22)20(4)25(33)18(2)16-30(6,37-8)17-19(3)26(34)21(5)28(35)38-23/h10-12,14,18-21,23-24,26-27,34H,9,13,15-17H2,1-8H3. The minimum atomic E-state index is -1.20. The largest absolute Gasteiger partial charge is 0.458 e. The van der Waals surface area contributed by atoms with Crippen molar-refractivity contribution in [3.05, 3.63) is 30.1 Å². The third-order valence-electron chi connectivity index (χ3n) is 9.12. The molecule has 3 rings (SSSR count). The van der Waals surface area contributed by atoms with Crippen LogP contribution < -0.4 is 0 Å². The number of nitrogens with zero attached hydrogens (tertiary/aromatic N) is 1. The molecule has 0 aromatic carbocycles. The molecule has 0 bridgehead atoms. The number of ketones is 1. The van der Waals surface area contributed by atoms with Crippen LogP contribution in [-0.4, -0.2) is 69.3 Å². The summed E-state index contributed by atoms with van der Waals surface area (Å²) in [7, 11) is 1.61. The van der Waals surface area contributed by atoms with E-state index in [1.165, 1.54) is 11.8 Å². The van der Waals surface area contributed by atoms with Gasteiger partial charge in [0.15, 0.2) is 5.60 Å². The lowest BCUT2D eigenvalue weighted by atomic mass is 9.70.